The van der Waals surface area contributed by atoms with Crippen molar-refractivity contribution in [2.24, 2.45) is 5.73 Å². The van der Waals surface area contributed by atoms with E-state index < -0.39 is 5.54 Å². The van der Waals surface area contributed by atoms with Crippen LogP contribution in [-0.2, 0) is 0 Å². The molecule has 0 spiro atoms. The largest absolute Gasteiger partial charge is 0.319 e. The van der Waals surface area contributed by atoms with Crippen molar-refractivity contribution in [1.82, 2.24) is 0 Å². The monoisotopic (exact) mass is 267 g/mol. The van der Waals surface area contributed by atoms with Gasteiger partial charge in [0.05, 0.1) is 15.6 Å². The molecule has 0 aromatic heterocycles. The van der Waals surface area contributed by atoms with Gasteiger partial charge in [-0.1, -0.05) is 23.2 Å². The minimum atomic E-state index is -0.892. The van der Waals surface area contributed by atoms with Crippen molar-refractivity contribution in [3.8, 4) is 0 Å². The van der Waals surface area contributed by atoms with Gasteiger partial charge in [-0.3, -0.25) is 4.79 Å². The topological polar surface area (TPSA) is 43.1 Å². The number of hydrogen-bond acceptors (Lipinski definition) is 2. The van der Waals surface area contributed by atoms with Crippen LogP contribution >= 0.6 is 35.6 Å². The predicted octanol–water partition coefficient (Wildman–Crippen LogP) is 3.34. The number of halogens is 3. The molecule has 0 aliphatic heterocycles. The molecule has 15 heavy (non-hydrogen) atoms. The average Bonchev–Trinajstić information content (AvgIpc) is 2.07. The average molecular weight is 269 g/mol. The van der Waals surface area contributed by atoms with Crippen molar-refractivity contribution in [3.05, 3.63) is 33.8 Å². The molecule has 1 aromatic rings. The second kappa shape index (κ2) is 5.17. The van der Waals surface area contributed by atoms with Crippen molar-refractivity contribution in [1.29, 1.82) is 0 Å². The molecule has 0 fully saturated rings. The number of ketones is 1. The van der Waals surface area contributed by atoms with Gasteiger partial charge in [0.25, 0.3) is 0 Å². The van der Waals surface area contributed by atoms with E-state index in [1.165, 1.54) is 6.07 Å². The molecule has 0 unspecified atom stereocenters. The Hall–Kier alpha value is -0.280. The maximum absolute atomic E-state index is 11.7. The first kappa shape index (κ1) is 14.7. The number of Topliss-reactive ketones (excluding diaryl/α,β-unsaturated/α-hetero) is 1. The zero-order valence-corrected chi connectivity index (χ0v) is 10.7. The summed E-state index contributed by atoms with van der Waals surface area (Å²) in [5, 5.41) is 0.791. The molecule has 0 amide bonds. The summed E-state index contributed by atoms with van der Waals surface area (Å²) >= 11 is 11.5. The number of nitrogens with two attached hydrogens (primary N) is 1. The molecule has 0 atom stereocenters. The second-order valence-electron chi connectivity index (χ2n) is 3.68. The summed E-state index contributed by atoms with van der Waals surface area (Å²) in [5.74, 6) is -0.156. The molecule has 84 valence electrons. The van der Waals surface area contributed by atoms with Gasteiger partial charge in [-0.05, 0) is 32.0 Å². The van der Waals surface area contributed by atoms with E-state index in [0.717, 1.165) is 0 Å². The van der Waals surface area contributed by atoms with Gasteiger partial charge in [0.15, 0.2) is 5.78 Å². The SMILES string of the molecule is CC(C)(N)C(=O)c1ccc(Cl)c(Cl)c1.Cl. The lowest BCUT2D eigenvalue weighted by Gasteiger charge is -2.16. The van der Waals surface area contributed by atoms with Crippen LogP contribution in [0.4, 0.5) is 0 Å². The Morgan fingerprint density at radius 2 is 1.80 bits per heavy atom. The summed E-state index contributed by atoms with van der Waals surface area (Å²) < 4.78 is 0. The molecule has 0 saturated heterocycles. The lowest BCUT2D eigenvalue weighted by molar-refractivity contribution is 0.0913. The summed E-state index contributed by atoms with van der Waals surface area (Å²) in [6.45, 7) is 3.30. The first-order valence-electron chi connectivity index (χ1n) is 4.11. The van der Waals surface area contributed by atoms with Crippen molar-refractivity contribution in [2.75, 3.05) is 0 Å². The fourth-order valence-electron chi connectivity index (χ4n) is 1.01. The lowest BCUT2D eigenvalue weighted by Crippen LogP contribution is -2.41. The lowest BCUT2D eigenvalue weighted by atomic mass is 9.94. The molecule has 0 heterocycles. The molecule has 2 nitrogen and oxygen atoms in total. The summed E-state index contributed by atoms with van der Waals surface area (Å²) in [6.07, 6.45) is 0. The fourth-order valence-corrected chi connectivity index (χ4v) is 1.31. The highest BCUT2D eigenvalue weighted by Crippen LogP contribution is 2.24. The number of benzene rings is 1. The second-order valence-corrected chi connectivity index (χ2v) is 4.49. The molecule has 5 heteroatoms. The third-order valence-corrected chi connectivity index (χ3v) is 2.51. The highest BCUT2D eigenvalue weighted by molar-refractivity contribution is 6.42. The van der Waals surface area contributed by atoms with Crippen LogP contribution < -0.4 is 5.73 Å². The Bertz CT molecular complexity index is 371. The van der Waals surface area contributed by atoms with E-state index in [0.29, 0.717) is 15.6 Å². The van der Waals surface area contributed by atoms with Crippen molar-refractivity contribution < 1.29 is 4.79 Å². The zero-order chi connectivity index (χ0) is 10.9. The Labute approximate surface area is 105 Å². The highest BCUT2D eigenvalue weighted by atomic mass is 35.5. The van der Waals surface area contributed by atoms with Crippen LogP contribution in [0.2, 0.25) is 10.0 Å². The number of carbonyl (C=O) groups excluding carboxylic acids is 1. The van der Waals surface area contributed by atoms with Crippen LogP contribution in [0.3, 0.4) is 0 Å². The van der Waals surface area contributed by atoms with Crippen molar-refractivity contribution in [2.45, 2.75) is 19.4 Å². The Morgan fingerprint density at radius 1 is 1.27 bits per heavy atom. The van der Waals surface area contributed by atoms with Gasteiger partial charge in [0, 0.05) is 5.56 Å². The molecule has 1 rings (SSSR count). The van der Waals surface area contributed by atoms with Gasteiger partial charge in [-0.25, -0.2) is 0 Å². The van der Waals surface area contributed by atoms with E-state index in [-0.39, 0.29) is 18.2 Å². The van der Waals surface area contributed by atoms with Crippen molar-refractivity contribution >= 4 is 41.4 Å². The number of carbonyl (C=O) groups is 1. The van der Waals surface area contributed by atoms with Gasteiger partial charge < -0.3 is 5.73 Å². The molecular weight excluding hydrogens is 256 g/mol. The number of hydrogen-bond donors (Lipinski definition) is 1. The molecule has 0 bridgehead atoms. The Morgan fingerprint density at radius 3 is 2.20 bits per heavy atom. The van der Waals surface area contributed by atoms with E-state index >= 15 is 0 Å². The normalized spacial score (nSPS) is 10.7. The fraction of sp³-hybridized carbons (Fsp3) is 0.300. The van der Waals surface area contributed by atoms with Crippen LogP contribution in [0.25, 0.3) is 0 Å². The van der Waals surface area contributed by atoms with Gasteiger partial charge in [0.1, 0.15) is 0 Å². The molecule has 0 saturated carbocycles. The predicted molar refractivity (Wildman–Crippen MR) is 66.3 cm³/mol. The minimum Gasteiger partial charge on any atom is -0.319 e. The van der Waals surface area contributed by atoms with Gasteiger partial charge in [-0.15, -0.1) is 12.4 Å². The van der Waals surface area contributed by atoms with Crippen molar-refractivity contribution in [3.63, 3.8) is 0 Å². The minimum absolute atomic E-state index is 0. The Balaban J connectivity index is 0.00000196. The maximum Gasteiger partial charge on any atom is 0.182 e. The van der Waals surface area contributed by atoms with E-state index in [1.54, 1.807) is 26.0 Å². The quantitative estimate of drug-likeness (QED) is 0.836. The van der Waals surface area contributed by atoms with E-state index in [1.807, 2.05) is 0 Å². The van der Waals surface area contributed by atoms with Gasteiger partial charge in [-0.2, -0.15) is 0 Å². The molecule has 0 aliphatic rings. The molecular formula is C10H12Cl3NO. The molecule has 0 aliphatic carbocycles. The first-order valence-corrected chi connectivity index (χ1v) is 4.86. The summed E-state index contributed by atoms with van der Waals surface area (Å²) in [7, 11) is 0. The molecule has 2 N–H and O–H groups in total. The van der Waals surface area contributed by atoms with Gasteiger partial charge in [0.2, 0.25) is 0 Å². The Kier molecular flexibility index (Phi) is 5.07. The third kappa shape index (κ3) is 3.65. The highest BCUT2D eigenvalue weighted by Gasteiger charge is 2.23. The summed E-state index contributed by atoms with van der Waals surface area (Å²) in [6, 6.07) is 4.73. The van der Waals surface area contributed by atoms with Gasteiger partial charge >= 0.3 is 0 Å². The molecule has 1 aromatic carbocycles. The maximum atomic E-state index is 11.7. The van der Waals surface area contributed by atoms with E-state index in [2.05, 4.69) is 0 Å². The standard InChI is InChI=1S/C10H11Cl2NO.ClH/c1-10(2,13)9(14)6-3-4-7(11)8(12)5-6;/h3-5H,13H2,1-2H3;1H. The van der Waals surface area contributed by atoms with E-state index in [9.17, 15) is 4.79 Å². The zero-order valence-electron chi connectivity index (χ0n) is 8.38. The van der Waals surface area contributed by atoms with E-state index in [4.69, 9.17) is 28.9 Å². The first-order chi connectivity index (χ1) is 6.32. The number of rotatable bonds is 2. The summed E-state index contributed by atoms with van der Waals surface area (Å²) in [5.41, 5.74) is 5.26. The third-order valence-electron chi connectivity index (χ3n) is 1.77. The van der Waals surface area contributed by atoms with Crippen LogP contribution in [0, 0.1) is 0 Å². The van der Waals surface area contributed by atoms with Crippen LogP contribution in [0.1, 0.15) is 24.2 Å². The molecule has 0 radical (unpaired) electrons. The summed E-state index contributed by atoms with van der Waals surface area (Å²) in [4.78, 5) is 11.7. The van der Waals surface area contributed by atoms with Crippen LogP contribution in [-0.4, -0.2) is 11.3 Å². The van der Waals surface area contributed by atoms with Crippen LogP contribution in [0.5, 0.6) is 0 Å². The smallest absolute Gasteiger partial charge is 0.182 e. The van der Waals surface area contributed by atoms with Crippen LogP contribution in [0.15, 0.2) is 18.2 Å².